The smallest absolute Gasteiger partial charge is 0.270 e. The Bertz CT molecular complexity index is 6250. The first-order valence-electron chi connectivity index (χ1n) is 40.5. The average molecular weight is 1750 g/mol. The van der Waals surface area contributed by atoms with Gasteiger partial charge in [0.25, 0.3) is 5.70 Å². The predicted molar refractivity (Wildman–Crippen MR) is 543 cm³/mol. The minimum absolute atomic E-state index is 0.0563. The molecule has 0 N–H and O–H groups in total. The Kier molecular flexibility index (Phi) is 23.4. The Labute approximate surface area is 758 Å². The van der Waals surface area contributed by atoms with E-state index in [0.717, 1.165) is 168 Å². The molecular weight excluding hydrogens is 1670 g/mol. The quantitative estimate of drug-likeness (QED) is 0.0328. The van der Waals surface area contributed by atoms with E-state index >= 15 is 0 Å². The number of aromatic nitrogens is 2. The third-order valence-electron chi connectivity index (χ3n) is 23.4. The van der Waals surface area contributed by atoms with Gasteiger partial charge in [-0.25, -0.2) is 10.1 Å². The van der Waals surface area contributed by atoms with E-state index in [9.17, 15) is 5.26 Å². The van der Waals surface area contributed by atoms with Crippen LogP contribution >= 0.6 is 94.1 Å². The van der Waals surface area contributed by atoms with Gasteiger partial charge in [0.2, 0.25) is 0 Å². The topological polar surface area (TPSA) is 51.0 Å². The maximum atomic E-state index is 10.9. The first-order chi connectivity index (χ1) is 60.9. The van der Waals surface area contributed by atoms with Crippen LogP contribution in [0.1, 0.15) is 11.1 Å². The number of thioether (sulfide) groups is 8. The fraction of sp³-hybridized carbons (Fsp3) is 0.0741. The summed E-state index contributed by atoms with van der Waals surface area (Å²) in [4.78, 5) is 23.1. The van der Waals surface area contributed by atoms with Gasteiger partial charge in [-0.3, -0.25) is 0 Å². The Balaban J connectivity index is 0.683. The van der Waals surface area contributed by atoms with E-state index in [4.69, 9.17) is 6.57 Å². The molecule has 0 aliphatic heterocycles. The number of fused-ring (bicyclic) bond motifs is 9. The van der Waals surface area contributed by atoms with Crippen molar-refractivity contribution in [3.63, 3.8) is 0 Å². The molecule has 0 spiro atoms. The van der Waals surface area contributed by atoms with Crippen molar-refractivity contribution in [3.8, 4) is 50.8 Å². The number of nitriles is 1. The summed E-state index contributed by atoms with van der Waals surface area (Å²) in [5.41, 5.74) is 27.5. The van der Waals surface area contributed by atoms with E-state index in [2.05, 4.69) is 442 Å². The van der Waals surface area contributed by atoms with Crippen LogP contribution in [0.4, 0.5) is 68.2 Å². The molecule has 19 rings (SSSR count). The number of allylic oxidation sites excluding steroid dienone is 1. The lowest BCUT2D eigenvalue weighted by Gasteiger charge is -2.26. The number of nitrogens with zero attached hydrogens (tertiary/aromatic N) is 8. The zero-order valence-electron chi connectivity index (χ0n) is 69.3. The van der Waals surface area contributed by atoms with Crippen molar-refractivity contribution in [2.45, 2.75) is 39.2 Å². The van der Waals surface area contributed by atoms with E-state index in [-0.39, 0.29) is 5.70 Å². The van der Waals surface area contributed by atoms with Gasteiger partial charge in [0.1, 0.15) is 0 Å². The molecule has 0 radical (unpaired) electrons. The van der Waals surface area contributed by atoms with Crippen molar-refractivity contribution >= 4 is 212 Å². The Morgan fingerprint density at radius 1 is 0.242 bits per heavy atom. The van der Waals surface area contributed by atoms with Crippen LogP contribution in [0.2, 0.25) is 0 Å². The maximum absolute atomic E-state index is 10.9. The van der Waals surface area contributed by atoms with Crippen molar-refractivity contribution < 1.29 is 0 Å². The Morgan fingerprint density at radius 3 is 0.637 bits per heavy atom. The van der Waals surface area contributed by atoms with Gasteiger partial charge in [-0.2, -0.15) is 0 Å². The van der Waals surface area contributed by atoms with Crippen LogP contribution in [0.3, 0.4) is 0 Å². The number of anilines is 12. The molecule has 8 nitrogen and oxygen atoms in total. The zero-order valence-corrected chi connectivity index (χ0v) is 75.9. The van der Waals surface area contributed by atoms with Crippen LogP contribution < -0.4 is 19.6 Å². The van der Waals surface area contributed by atoms with Gasteiger partial charge >= 0.3 is 0 Å². The molecule has 0 saturated heterocycles. The second-order valence-electron chi connectivity index (χ2n) is 30.0. The molecule has 0 atom stereocenters. The number of hydrogen-bond acceptors (Lipinski definition) is 13. The van der Waals surface area contributed by atoms with Crippen LogP contribution in [0, 0.1) is 17.9 Å². The Morgan fingerprint density at radius 2 is 0.444 bits per heavy atom. The highest BCUT2D eigenvalue weighted by Gasteiger charge is 2.30. The van der Waals surface area contributed by atoms with E-state index in [1.165, 1.54) is 39.2 Å². The molecule has 1 aliphatic carbocycles. The standard InChI is InChI=1S/C108H82N8S8/c1-110-103(68-109)108-101-62-71(69-10-16-81(17-11-69)115-104-58-36-83(111(73-20-40-87(117-2)41-21-73)74-22-42-88(118-3)43-23-74)64-97(104)98-65-84(37-59-105(98)115)112(75-24-44-89(119-4)45-25-75)76-26-46-90(120-5)47-27-76)14-56-95(101)96-57-15-72(63-102(96)108)70-12-18-82(19-13-70)116-106-60-38-85(113(77-28-48-91(121-6)49-29-77)78-30-50-92(122-7)51-31-78)66-99(106)100-67-86(39-61-107(100)116)114(79-32-52-93(123-8)53-33-79)80-34-54-94(124-9)55-35-80/h10-67H,2-9H3. The molecule has 16 heteroatoms. The minimum Gasteiger partial charge on any atom is -0.310 e. The summed E-state index contributed by atoms with van der Waals surface area (Å²) < 4.78 is 4.80. The van der Waals surface area contributed by atoms with Crippen molar-refractivity contribution in [2.75, 3.05) is 69.6 Å². The van der Waals surface area contributed by atoms with Crippen molar-refractivity contribution in [1.82, 2.24) is 9.13 Å². The molecular formula is C108H82N8S8. The van der Waals surface area contributed by atoms with E-state index in [1.807, 2.05) is 0 Å². The van der Waals surface area contributed by atoms with Gasteiger partial charge < -0.3 is 28.7 Å². The minimum atomic E-state index is 0.0563. The highest BCUT2D eigenvalue weighted by atomic mass is 32.2. The lowest BCUT2D eigenvalue weighted by atomic mass is 9.96. The zero-order chi connectivity index (χ0) is 84.6. The first-order valence-corrected chi connectivity index (χ1v) is 50.3. The van der Waals surface area contributed by atoms with E-state index in [0.29, 0.717) is 5.57 Å². The van der Waals surface area contributed by atoms with Crippen LogP contribution in [-0.4, -0.2) is 59.2 Å². The second-order valence-corrected chi connectivity index (χ2v) is 37.0. The number of benzene rings is 16. The van der Waals surface area contributed by atoms with Crippen LogP contribution in [0.15, 0.2) is 397 Å². The molecule has 2 aromatic heterocycles. The van der Waals surface area contributed by atoms with Gasteiger partial charge in [0, 0.05) is 146 Å². The molecule has 0 fully saturated rings. The molecule has 0 saturated carbocycles. The largest absolute Gasteiger partial charge is 0.310 e. The molecule has 124 heavy (non-hydrogen) atoms. The third kappa shape index (κ3) is 15.5. The molecule has 18 aromatic rings. The monoisotopic (exact) mass is 1750 g/mol. The van der Waals surface area contributed by atoms with Crippen molar-refractivity contribution in [2.24, 2.45) is 0 Å². The van der Waals surface area contributed by atoms with Gasteiger partial charge in [0.15, 0.2) is 0 Å². The molecule has 16 aromatic carbocycles. The average Bonchev–Trinajstić information content (AvgIpc) is 1.59. The normalized spacial score (nSPS) is 11.6. The first kappa shape index (κ1) is 81.5. The summed E-state index contributed by atoms with van der Waals surface area (Å²) in [5, 5.41) is 15.4. The number of rotatable bonds is 24. The summed E-state index contributed by atoms with van der Waals surface area (Å²) in [6, 6.07) is 132. The molecule has 0 amide bonds. The Hall–Kier alpha value is -12.2. The van der Waals surface area contributed by atoms with Crippen molar-refractivity contribution in [1.29, 1.82) is 5.26 Å². The fourth-order valence-corrected chi connectivity index (χ4v) is 20.5. The summed E-state index contributed by atoms with van der Waals surface area (Å²) in [5.74, 6) is 0. The predicted octanol–water partition coefficient (Wildman–Crippen LogP) is 33.1. The van der Waals surface area contributed by atoms with Gasteiger partial charge in [-0.15, -0.1) is 94.1 Å². The maximum Gasteiger partial charge on any atom is 0.270 e. The van der Waals surface area contributed by atoms with Crippen LogP contribution in [-0.2, 0) is 0 Å². The highest BCUT2D eigenvalue weighted by molar-refractivity contribution is 8.00. The van der Waals surface area contributed by atoms with E-state index in [1.54, 1.807) is 94.1 Å². The van der Waals surface area contributed by atoms with Crippen molar-refractivity contribution in [3.05, 3.63) is 380 Å². The van der Waals surface area contributed by atoms with Crippen LogP contribution in [0.25, 0.3) is 98.8 Å². The van der Waals surface area contributed by atoms with Gasteiger partial charge in [-0.1, -0.05) is 48.5 Å². The van der Waals surface area contributed by atoms with Gasteiger partial charge in [-0.05, 0) is 398 Å². The molecule has 1 aliphatic rings. The summed E-state index contributed by atoms with van der Waals surface area (Å²) >= 11 is 14.0. The lowest BCUT2D eigenvalue weighted by molar-refractivity contribution is 1.18. The molecule has 602 valence electrons. The SMILES string of the molecule is [C-]#[N+]C(C#N)=C1c2cc(-c3ccc(-n4c5ccc(N(c6ccc(SC)cc6)c6ccc(SC)cc6)cc5c5cc(N(c6ccc(SC)cc6)c6ccc(SC)cc6)ccc54)cc3)ccc2-c2ccc(-c3ccc(-n4c5ccc(N(c6ccc(SC)cc6)c6ccc(SC)cc6)cc5c5cc(N(c6ccc(SC)cc6)c6ccc(SC)cc6)ccc54)cc3)cc21. The fourth-order valence-electron chi connectivity index (χ4n) is 17.2. The van der Waals surface area contributed by atoms with Crippen LogP contribution in [0.5, 0.6) is 0 Å². The molecule has 0 unspecified atom stereocenters. The second kappa shape index (κ2) is 35.6. The molecule has 0 bridgehead atoms. The summed E-state index contributed by atoms with van der Waals surface area (Å²) in [7, 11) is 0. The lowest BCUT2D eigenvalue weighted by Crippen LogP contribution is -2.10. The highest BCUT2D eigenvalue weighted by Crippen LogP contribution is 2.52. The van der Waals surface area contributed by atoms with Gasteiger partial charge in [0.05, 0.1) is 34.7 Å². The van der Waals surface area contributed by atoms with E-state index < -0.39 is 0 Å². The summed E-state index contributed by atoms with van der Waals surface area (Å²) in [6.45, 7) is 8.54. The molecule has 2 heterocycles. The third-order valence-corrected chi connectivity index (χ3v) is 29.3. The number of hydrogen-bond donors (Lipinski definition) is 0. The summed E-state index contributed by atoms with van der Waals surface area (Å²) in [6.07, 6.45) is 17.0.